The Kier molecular flexibility index (Phi) is 3.37. The van der Waals surface area contributed by atoms with Crippen LogP contribution in [0.2, 0.25) is 0 Å². The number of para-hydroxylation sites is 1. The molecule has 23 heavy (non-hydrogen) atoms. The quantitative estimate of drug-likeness (QED) is 0.896. The van der Waals surface area contributed by atoms with Crippen LogP contribution in [0.1, 0.15) is 41.5 Å². The Labute approximate surface area is 134 Å². The molecule has 2 atom stereocenters. The molecule has 2 aromatic carbocycles. The normalized spacial score (nSPS) is 22.0. The van der Waals surface area contributed by atoms with Gasteiger partial charge in [-0.25, -0.2) is 0 Å². The number of benzene rings is 2. The topological polar surface area (TPSA) is 58.2 Å². The molecule has 0 radical (unpaired) electrons. The van der Waals surface area contributed by atoms with Crippen LogP contribution in [0, 0.1) is 0 Å². The van der Waals surface area contributed by atoms with E-state index in [9.17, 15) is 9.59 Å². The summed E-state index contributed by atoms with van der Waals surface area (Å²) in [5.74, 6) is -0.572. The maximum atomic E-state index is 12.8. The predicted octanol–water partition coefficient (Wildman–Crippen LogP) is 2.92. The highest BCUT2D eigenvalue weighted by Crippen LogP contribution is 2.35. The molecule has 0 saturated carbocycles. The smallest absolute Gasteiger partial charge is 0.228 e. The van der Waals surface area contributed by atoms with Crippen LogP contribution in [-0.2, 0) is 16.0 Å². The maximum Gasteiger partial charge on any atom is 0.228 e. The summed E-state index contributed by atoms with van der Waals surface area (Å²) in [5.41, 5.74) is 4.15. The van der Waals surface area contributed by atoms with E-state index in [0.29, 0.717) is 0 Å². The molecule has 2 unspecified atom stereocenters. The lowest BCUT2D eigenvalue weighted by Crippen LogP contribution is -2.36. The van der Waals surface area contributed by atoms with Crippen LogP contribution in [0.5, 0.6) is 0 Å². The minimum atomic E-state index is -0.410. The van der Waals surface area contributed by atoms with Crippen molar-refractivity contribution in [2.75, 3.05) is 5.32 Å². The Morgan fingerprint density at radius 1 is 1.04 bits per heavy atom. The van der Waals surface area contributed by atoms with Gasteiger partial charge in [-0.1, -0.05) is 42.5 Å². The monoisotopic (exact) mass is 306 g/mol. The molecule has 1 aliphatic carbocycles. The van der Waals surface area contributed by atoms with Gasteiger partial charge in [0.05, 0.1) is 12.0 Å². The van der Waals surface area contributed by atoms with Gasteiger partial charge in [0.15, 0.2) is 0 Å². The number of anilines is 1. The van der Waals surface area contributed by atoms with Crippen molar-refractivity contribution in [2.24, 2.45) is 0 Å². The fourth-order valence-corrected chi connectivity index (χ4v) is 3.62. The molecular weight excluding hydrogens is 288 g/mol. The third-order valence-corrected chi connectivity index (χ3v) is 4.77. The molecule has 0 fully saturated rings. The van der Waals surface area contributed by atoms with Crippen LogP contribution in [-0.4, -0.2) is 11.8 Å². The molecule has 116 valence electrons. The Hall–Kier alpha value is -2.62. The second kappa shape index (κ2) is 5.54. The average molecular weight is 306 g/mol. The first-order valence-corrected chi connectivity index (χ1v) is 7.99. The zero-order chi connectivity index (χ0) is 15.8. The molecule has 2 aromatic rings. The largest absolute Gasteiger partial charge is 0.349 e. The van der Waals surface area contributed by atoms with Crippen molar-refractivity contribution in [3.63, 3.8) is 0 Å². The van der Waals surface area contributed by atoms with E-state index in [-0.39, 0.29) is 24.3 Å². The van der Waals surface area contributed by atoms with E-state index in [1.807, 2.05) is 36.4 Å². The zero-order valence-electron chi connectivity index (χ0n) is 12.7. The molecule has 4 heteroatoms. The summed E-state index contributed by atoms with van der Waals surface area (Å²) in [4.78, 5) is 24.7. The molecule has 4 nitrogen and oxygen atoms in total. The Bertz CT molecular complexity index is 784. The van der Waals surface area contributed by atoms with Gasteiger partial charge < -0.3 is 10.6 Å². The molecule has 2 aliphatic rings. The first-order chi connectivity index (χ1) is 11.2. The second-order valence-corrected chi connectivity index (χ2v) is 6.19. The number of rotatable bonds is 2. The SMILES string of the molecule is O=C1CC(C(=O)NC2CCc3ccccc32)c2ccccc2N1. The lowest BCUT2D eigenvalue weighted by atomic mass is 9.89. The molecule has 0 bridgehead atoms. The summed E-state index contributed by atoms with van der Waals surface area (Å²) in [5, 5.41) is 5.98. The molecule has 1 heterocycles. The third-order valence-electron chi connectivity index (χ3n) is 4.77. The van der Waals surface area contributed by atoms with Crippen molar-refractivity contribution in [3.05, 3.63) is 65.2 Å². The minimum Gasteiger partial charge on any atom is -0.349 e. The number of hydrogen-bond acceptors (Lipinski definition) is 2. The number of fused-ring (bicyclic) bond motifs is 2. The van der Waals surface area contributed by atoms with Crippen LogP contribution >= 0.6 is 0 Å². The third kappa shape index (κ3) is 2.50. The van der Waals surface area contributed by atoms with Crippen molar-refractivity contribution in [1.29, 1.82) is 0 Å². The van der Waals surface area contributed by atoms with Crippen molar-refractivity contribution in [1.82, 2.24) is 5.32 Å². The highest BCUT2D eigenvalue weighted by atomic mass is 16.2. The first kappa shape index (κ1) is 14.0. The average Bonchev–Trinajstić information content (AvgIpc) is 2.97. The number of amides is 2. The molecule has 1 aliphatic heterocycles. The molecule has 2 amide bonds. The van der Waals surface area contributed by atoms with Crippen LogP contribution < -0.4 is 10.6 Å². The zero-order valence-corrected chi connectivity index (χ0v) is 12.7. The Balaban J connectivity index is 1.58. The molecule has 2 N–H and O–H groups in total. The van der Waals surface area contributed by atoms with Crippen molar-refractivity contribution >= 4 is 17.5 Å². The lowest BCUT2D eigenvalue weighted by Gasteiger charge is -2.26. The summed E-state index contributed by atoms with van der Waals surface area (Å²) >= 11 is 0. The summed E-state index contributed by atoms with van der Waals surface area (Å²) in [6.07, 6.45) is 2.12. The highest BCUT2D eigenvalue weighted by Gasteiger charge is 2.32. The minimum absolute atomic E-state index is 0.0517. The molecule has 0 aromatic heterocycles. The van der Waals surface area contributed by atoms with E-state index in [1.54, 1.807) is 0 Å². The van der Waals surface area contributed by atoms with Crippen molar-refractivity contribution in [3.8, 4) is 0 Å². The molecule has 0 saturated heterocycles. The van der Waals surface area contributed by atoms with Crippen molar-refractivity contribution in [2.45, 2.75) is 31.2 Å². The van der Waals surface area contributed by atoms with Gasteiger partial charge in [0.1, 0.15) is 0 Å². The van der Waals surface area contributed by atoms with Gasteiger partial charge in [0, 0.05) is 12.1 Å². The van der Waals surface area contributed by atoms with Crippen LogP contribution in [0.3, 0.4) is 0 Å². The van der Waals surface area contributed by atoms with Gasteiger partial charge >= 0.3 is 0 Å². The van der Waals surface area contributed by atoms with Gasteiger partial charge in [-0.15, -0.1) is 0 Å². The summed E-state index contributed by atoms with van der Waals surface area (Å²) in [6.45, 7) is 0. The van der Waals surface area contributed by atoms with E-state index in [4.69, 9.17) is 0 Å². The van der Waals surface area contributed by atoms with Gasteiger partial charge in [-0.3, -0.25) is 9.59 Å². The van der Waals surface area contributed by atoms with Gasteiger partial charge in [-0.05, 0) is 35.6 Å². The Morgan fingerprint density at radius 3 is 2.65 bits per heavy atom. The Morgan fingerprint density at radius 2 is 1.78 bits per heavy atom. The van der Waals surface area contributed by atoms with Crippen LogP contribution in [0.25, 0.3) is 0 Å². The number of nitrogens with one attached hydrogen (secondary N) is 2. The standard InChI is InChI=1S/C19H18N2O2/c22-18-11-15(14-7-3-4-8-16(14)20-18)19(23)21-17-10-9-12-5-1-2-6-13(12)17/h1-8,15,17H,9-11H2,(H,20,22)(H,21,23). The van der Waals surface area contributed by atoms with E-state index in [2.05, 4.69) is 22.8 Å². The number of aryl methyl sites for hydroxylation is 1. The summed E-state index contributed by atoms with van der Waals surface area (Å²) in [7, 11) is 0. The fourth-order valence-electron chi connectivity index (χ4n) is 3.62. The van der Waals surface area contributed by atoms with Gasteiger partial charge in [-0.2, -0.15) is 0 Å². The van der Waals surface area contributed by atoms with E-state index in [0.717, 1.165) is 24.1 Å². The number of carbonyl (C=O) groups excluding carboxylic acids is 2. The molecular formula is C19H18N2O2. The first-order valence-electron chi connectivity index (χ1n) is 7.99. The number of carbonyl (C=O) groups is 2. The van der Waals surface area contributed by atoms with Gasteiger partial charge in [0.25, 0.3) is 0 Å². The van der Waals surface area contributed by atoms with Crippen molar-refractivity contribution < 1.29 is 9.59 Å². The van der Waals surface area contributed by atoms with E-state index >= 15 is 0 Å². The van der Waals surface area contributed by atoms with E-state index in [1.165, 1.54) is 11.1 Å². The number of hydrogen-bond donors (Lipinski definition) is 2. The fraction of sp³-hybridized carbons (Fsp3) is 0.263. The van der Waals surface area contributed by atoms with Gasteiger partial charge in [0.2, 0.25) is 11.8 Å². The predicted molar refractivity (Wildman–Crippen MR) is 88.1 cm³/mol. The van der Waals surface area contributed by atoms with Crippen LogP contribution in [0.15, 0.2) is 48.5 Å². The second-order valence-electron chi connectivity index (χ2n) is 6.19. The highest BCUT2D eigenvalue weighted by molar-refractivity contribution is 6.01. The lowest BCUT2D eigenvalue weighted by molar-refractivity contribution is -0.126. The van der Waals surface area contributed by atoms with Crippen LogP contribution in [0.4, 0.5) is 5.69 Å². The summed E-state index contributed by atoms with van der Waals surface area (Å²) < 4.78 is 0. The maximum absolute atomic E-state index is 12.8. The molecule has 4 rings (SSSR count). The van der Waals surface area contributed by atoms with E-state index < -0.39 is 5.92 Å². The summed E-state index contributed by atoms with van der Waals surface area (Å²) in [6, 6.07) is 15.8. The molecule has 0 spiro atoms.